The van der Waals surface area contributed by atoms with Gasteiger partial charge in [0.15, 0.2) is 15.8 Å². The minimum absolute atomic E-state index is 0.0179. The number of carbonyl (C=O) groups excluding carboxylic acids is 1. The Labute approximate surface area is 149 Å². The van der Waals surface area contributed by atoms with Crippen molar-refractivity contribution in [1.82, 2.24) is 0 Å². The van der Waals surface area contributed by atoms with E-state index in [-0.39, 0.29) is 11.7 Å². The Hall–Kier alpha value is -2.31. The molecule has 1 heterocycles. The number of benzene rings is 2. The molecule has 0 aromatic heterocycles. The van der Waals surface area contributed by atoms with Crippen molar-refractivity contribution >= 4 is 46.0 Å². The minimum Gasteiger partial charge on any atom is -0.504 e. The highest BCUT2D eigenvalue weighted by molar-refractivity contribution is 8.27. The zero-order chi connectivity index (χ0) is 17.1. The molecule has 0 spiro atoms. The zero-order valence-corrected chi connectivity index (χ0v) is 14.6. The van der Waals surface area contributed by atoms with Crippen molar-refractivity contribution in [3.05, 3.63) is 59.0 Å². The molecule has 24 heavy (non-hydrogen) atoms. The molecule has 122 valence electrons. The van der Waals surface area contributed by atoms with Crippen LogP contribution in [0.1, 0.15) is 12.5 Å². The molecule has 0 bridgehead atoms. The summed E-state index contributed by atoms with van der Waals surface area (Å²) in [6, 6.07) is 14.5. The lowest BCUT2D eigenvalue weighted by molar-refractivity contribution is -0.113. The molecular weight excluding hydrogens is 342 g/mol. The number of rotatable bonds is 4. The van der Waals surface area contributed by atoms with Gasteiger partial charge in [-0.2, -0.15) is 0 Å². The monoisotopic (exact) mass is 357 g/mol. The molecule has 0 saturated carbocycles. The van der Waals surface area contributed by atoms with E-state index in [1.165, 1.54) is 16.7 Å². The maximum absolute atomic E-state index is 12.7. The third-order valence-corrected chi connectivity index (χ3v) is 4.73. The lowest BCUT2D eigenvalue weighted by atomic mass is 10.1. The number of carbonyl (C=O) groups is 1. The number of ether oxygens (including phenoxy) is 1. The van der Waals surface area contributed by atoms with Gasteiger partial charge < -0.3 is 9.84 Å². The predicted octanol–water partition coefficient (Wildman–Crippen LogP) is 4.20. The highest BCUT2D eigenvalue weighted by Gasteiger charge is 2.33. The Kier molecular flexibility index (Phi) is 4.87. The van der Waals surface area contributed by atoms with Crippen LogP contribution in [0.25, 0.3) is 6.08 Å². The van der Waals surface area contributed by atoms with E-state index >= 15 is 0 Å². The summed E-state index contributed by atoms with van der Waals surface area (Å²) in [5.41, 5.74) is 1.25. The average Bonchev–Trinajstić information content (AvgIpc) is 2.86. The summed E-state index contributed by atoms with van der Waals surface area (Å²) in [6.07, 6.45) is 1.64. The first-order valence-electron chi connectivity index (χ1n) is 7.39. The van der Waals surface area contributed by atoms with Crippen LogP contribution in [0.15, 0.2) is 53.4 Å². The second-order valence-corrected chi connectivity index (χ2v) is 6.66. The second-order valence-electron chi connectivity index (χ2n) is 4.98. The number of hydrogen-bond acceptors (Lipinski definition) is 5. The second kappa shape index (κ2) is 7.07. The van der Waals surface area contributed by atoms with Crippen LogP contribution in [0.5, 0.6) is 11.5 Å². The highest BCUT2D eigenvalue weighted by Crippen LogP contribution is 2.38. The van der Waals surface area contributed by atoms with Crippen molar-refractivity contribution in [2.24, 2.45) is 0 Å². The van der Waals surface area contributed by atoms with Gasteiger partial charge in [-0.25, -0.2) is 0 Å². The number of nitrogens with zero attached hydrogens (tertiary/aromatic N) is 1. The van der Waals surface area contributed by atoms with Crippen LogP contribution in [0, 0.1) is 0 Å². The fourth-order valence-corrected chi connectivity index (χ4v) is 3.63. The Balaban J connectivity index is 1.94. The van der Waals surface area contributed by atoms with Crippen molar-refractivity contribution in [3.63, 3.8) is 0 Å². The molecule has 0 aliphatic carbocycles. The summed E-state index contributed by atoms with van der Waals surface area (Å²) in [4.78, 5) is 14.6. The molecule has 0 radical (unpaired) electrons. The lowest BCUT2D eigenvalue weighted by Gasteiger charge is -2.13. The number of thiocarbonyl (C=S) groups is 1. The number of hydrogen-bond donors (Lipinski definition) is 1. The van der Waals surface area contributed by atoms with Crippen LogP contribution in [0.4, 0.5) is 5.69 Å². The van der Waals surface area contributed by atoms with Crippen LogP contribution in [0.2, 0.25) is 0 Å². The smallest absolute Gasteiger partial charge is 0.270 e. The van der Waals surface area contributed by atoms with Gasteiger partial charge in [-0.15, -0.1) is 0 Å². The van der Waals surface area contributed by atoms with E-state index in [0.717, 1.165) is 5.69 Å². The van der Waals surface area contributed by atoms with Gasteiger partial charge in [-0.05, 0) is 31.2 Å². The van der Waals surface area contributed by atoms with Crippen LogP contribution in [-0.4, -0.2) is 21.9 Å². The molecule has 1 fully saturated rings. The minimum atomic E-state index is -0.197. The lowest BCUT2D eigenvalue weighted by Crippen LogP contribution is -2.27. The van der Waals surface area contributed by atoms with Crippen molar-refractivity contribution in [3.8, 4) is 11.5 Å². The first-order chi connectivity index (χ1) is 11.6. The number of amides is 1. The number of aromatic hydroxyl groups is 1. The van der Waals surface area contributed by atoms with Gasteiger partial charge >= 0.3 is 0 Å². The molecule has 1 N–H and O–H groups in total. The van der Waals surface area contributed by atoms with Crippen LogP contribution in [-0.2, 0) is 4.79 Å². The fraction of sp³-hybridized carbons (Fsp3) is 0.111. The van der Waals surface area contributed by atoms with Crippen LogP contribution >= 0.6 is 24.0 Å². The summed E-state index contributed by atoms with van der Waals surface area (Å²) < 4.78 is 5.84. The zero-order valence-electron chi connectivity index (χ0n) is 12.9. The Morgan fingerprint density at radius 3 is 2.67 bits per heavy atom. The van der Waals surface area contributed by atoms with Gasteiger partial charge in [0.25, 0.3) is 5.91 Å². The molecule has 1 aliphatic heterocycles. The van der Waals surface area contributed by atoms with Crippen molar-refractivity contribution in [1.29, 1.82) is 0 Å². The molecule has 1 aliphatic rings. The quantitative estimate of drug-likeness (QED) is 0.657. The summed E-state index contributed by atoms with van der Waals surface area (Å²) >= 11 is 6.55. The molecule has 0 atom stereocenters. The summed E-state index contributed by atoms with van der Waals surface area (Å²) in [6.45, 7) is 2.30. The number of para-hydroxylation sites is 2. The van der Waals surface area contributed by atoms with E-state index in [0.29, 0.717) is 27.1 Å². The standard InChI is InChI=1S/C18H15NO3S2/c1-2-22-14-10-6-7-12(16(14)20)11-15-17(21)19(18(23)24-15)13-8-4-3-5-9-13/h3-11,20H,2H2,1H3/b15-11-. The van der Waals surface area contributed by atoms with Gasteiger partial charge in [-0.3, -0.25) is 9.69 Å². The third kappa shape index (κ3) is 3.16. The summed E-state index contributed by atoms with van der Waals surface area (Å²) in [5, 5.41) is 10.3. The Bertz CT molecular complexity index is 818. The predicted molar refractivity (Wildman–Crippen MR) is 101 cm³/mol. The SMILES string of the molecule is CCOc1cccc(/C=C2\SC(=S)N(c3ccccc3)C2=O)c1O. The molecule has 1 amide bonds. The van der Waals surface area contributed by atoms with E-state index in [1.54, 1.807) is 24.3 Å². The summed E-state index contributed by atoms with van der Waals surface area (Å²) in [5.74, 6) is 0.214. The molecule has 2 aromatic carbocycles. The van der Waals surface area contributed by atoms with Gasteiger partial charge in [0.2, 0.25) is 0 Å². The summed E-state index contributed by atoms with van der Waals surface area (Å²) in [7, 11) is 0. The number of phenols is 1. The first kappa shape index (κ1) is 16.5. The molecule has 6 heteroatoms. The number of phenolic OH excluding ortho intramolecular Hbond substituents is 1. The topological polar surface area (TPSA) is 49.8 Å². The van der Waals surface area contributed by atoms with Crippen molar-refractivity contribution < 1.29 is 14.6 Å². The van der Waals surface area contributed by atoms with Crippen molar-refractivity contribution in [2.75, 3.05) is 11.5 Å². The van der Waals surface area contributed by atoms with E-state index in [4.69, 9.17) is 17.0 Å². The van der Waals surface area contributed by atoms with Gasteiger partial charge in [0.05, 0.1) is 17.2 Å². The Morgan fingerprint density at radius 2 is 1.96 bits per heavy atom. The first-order valence-corrected chi connectivity index (χ1v) is 8.62. The van der Waals surface area contributed by atoms with Crippen molar-refractivity contribution in [2.45, 2.75) is 6.92 Å². The maximum Gasteiger partial charge on any atom is 0.270 e. The normalized spacial score (nSPS) is 16.0. The van der Waals surface area contributed by atoms with Crippen LogP contribution in [0.3, 0.4) is 0 Å². The molecule has 0 unspecified atom stereocenters. The highest BCUT2D eigenvalue weighted by atomic mass is 32.2. The Morgan fingerprint density at radius 1 is 1.21 bits per heavy atom. The largest absolute Gasteiger partial charge is 0.504 e. The molecule has 1 saturated heterocycles. The number of anilines is 1. The third-order valence-electron chi connectivity index (χ3n) is 3.42. The molecule has 3 rings (SSSR count). The van der Waals surface area contributed by atoms with Crippen LogP contribution < -0.4 is 9.64 Å². The molecular formula is C18H15NO3S2. The molecule has 4 nitrogen and oxygen atoms in total. The van der Waals surface area contributed by atoms with Gasteiger partial charge in [-0.1, -0.05) is 54.3 Å². The fourth-order valence-electron chi connectivity index (χ4n) is 2.34. The maximum atomic E-state index is 12.7. The number of thioether (sulfide) groups is 1. The van der Waals surface area contributed by atoms with E-state index < -0.39 is 0 Å². The van der Waals surface area contributed by atoms with Gasteiger partial charge in [0, 0.05) is 5.56 Å². The molecule has 2 aromatic rings. The van der Waals surface area contributed by atoms with E-state index in [1.807, 2.05) is 37.3 Å². The van der Waals surface area contributed by atoms with E-state index in [2.05, 4.69) is 0 Å². The van der Waals surface area contributed by atoms with Gasteiger partial charge in [0.1, 0.15) is 0 Å². The average molecular weight is 357 g/mol. The van der Waals surface area contributed by atoms with E-state index in [9.17, 15) is 9.90 Å².